The lowest BCUT2D eigenvalue weighted by Crippen LogP contribution is -2.06. The first-order chi connectivity index (χ1) is 9.62. The Morgan fingerprint density at radius 2 is 2.20 bits per heavy atom. The number of nitrogens with zero attached hydrogens (tertiary/aromatic N) is 4. The topological polar surface area (TPSA) is 71.6 Å². The van der Waals surface area contributed by atoms with Crippen molar-refractivity contribution in [1.29, 1.82) is 5.26 Å². The summed E-state index contributed by atoms with van der Waals surface area (Å²) in [6.45, 7) is 3.76. The molecular formula is C14H13BrN4O. The van der Waals surface area contributed by atoms with E-state index >= 15 is 0 Å². The highest BCUT2D eigenvalue weighted by molar-refractivity contribution is 9.10. The number of carbonyl (C=O) groups is 1. The van der Waals surface area contributed by atoms with E-state index < -0.39 is 0 Å². The highest BCUT2D eigenvalue weighted by atomic mass is 79.9. The van der Waals surface area contributed by atoms with E-state index in [1.165, 1.54) is 0 Å². The van der Waals surface area contributed by atoms with Crippen LogP contribution in [0.4, 0.5) is 0 Å². The van der Waals surface area contributed by atoms with Gasteiger partial charge in [-0.25, -0.2) is 4.68 Å². The number of hydrogen-bond acceptors (Lipinski definition) is 4. The molecule has 2 rings (SSSR count). The lowest BCUT2D eigenvalue weighted by molar-refractivity contribution is 0.0982. The van der Waals surface area contributed by atoms with Gasteiger partial charge >= 0.3 is 0 Å². The van der Waals surface area contributed by atoms with Gasteiger partial charge in [-0.15, -0.1) is 5.10 Å². The molecular weight excluding hydrogens is 320 g/mol. The van der Waals surface area contributed by atoms with Crippen LogP contribution in [0.5, 0.6) is 0 Å². The standard InChI is InChI=1S/C14H13BrN4O/c1-3-11-14(13(20)4-2)17-18-19(11)12-6-5-9(8-16)7-10(12)15/h5-7H,3-4H2,1-2H3. The molecule has 1 heterocycles. The van der Waals surface area contributed by atoms with Crippen LogP contribution < -0.4 is 0 Å². The predicted molar refractivity (Wildman–Crippen MR) is 77.8 cm³/mol. The minimum atomic E-state index is -0.0159. The summed E-state index contributed by atoms with van der Waals surface area (Å²) in [5.41, 5.74) is 2.53. The molecule has 0 bridgehead atoms. The van der Waals surface area contributed by atoms with Gasteiger partial charge in [-0.3, -0.25) is 4.79 Å². The number of benzene rings is 1. The average molecular weight is 333 g/mol. The summed E-state index contributed by atoms with van der Waals surface area (Å²) in [7, 11) is 0. The Labute approximate surface area is 125 Å². The molecule has 0 aliphatic rings. The average Bonchev–Trinajstić information content (AvgIpc) is 2.89. The third-order valence-electron chi connectivity index (χ3n) is 2.99. The van der Waals surface area contributed by atoms with Crippen molar-refractivity contribution in [2.24, 2.45) is 0 Å². The van der Waals surface area contributed by atoms with Gasteiger partial charge in [-0.1, -0.05) is 19.1 Å². The van der Waals surface area contributed by atoms with Crippen LogP contribution >= 0.6 is 15.9 Å². The largest absolute Gasteiger partial charge is 0.292 e. The van der Waals surface area contributed by atoms with Gasteiger partial charge in [0.05, 0.1) is 23.0 Å². The van der Waals surface area contributed by atoms with E-state index in [0.717, 1.165) is 15.9 Å². The number of ketones is 1. The molecule has 1 aromatic carbocycles. The van der Waals surface area contributed by atoms with Crippen LogP contribution in [0.1, 0.15) is 42.0 Å². The van der Waals surface area contributed by atoms with E-state index in [1.54, 1.807) is 29.8 Å². The molecule has 0 saturated heterocycles. The molecule has 1 aromatic heterocycles. The third kappa shape index (κ3) is 2.49. The molecule has 0 aliphatic carbocycles. The molecule has 0 atom stereocenters. The fraction of sp³-hybridized carbons (Fsp3) is 0.286. The predicted octanol–water partition coefficient (Wildman–Crippen LogP) is 3.06. The Balaban J connectivity index is 2.57. The van der Waals surface area contributed by atoms with E-state index in [4.69, 9.17) is 5.26 Å². The molecule has 102 valence electrons. The van der Waals surface area contributed by atoms with Gasteiger partial charge in [-0.2, -0.15) is 5.26 Å². The first-order valence-electron chi connectivity index (χ1n) is 6.30. The van der Waals surface area contributed by atoms with Gasteiger partial charge in [0.1, 0.15) is 0 Å². The molecule has 6 heteroatoms. The quantitative estimate of drug-likeness (QED) is 0.806. The van der Waals surface area contributed by atoms with E-state index in [9.17, 15) is 4.79 Å². The van der Waals surface area contributed by atoms with Crippen LogP contribution in [0, 0.1) is 11.3 Å². The minimum Gasteiger partial charge on any atom is -0.292 e. The Morgan fingerprint density at radius 1 is 1.45 bits per heavy atom. The summed E-state index contributed by atoms with van der Waals surface area (Å²) >= 11 is 3.43. The van der Waals surface area contributed by atoms with Gasteiger partial charge in [-0.05, 0) is 40.5 Å². The molecule has 20 heavy (non-hydrogen) atoms. The Hall–Kier alpha value is -2.00. The van der Waals surface area contributed by atoms with Crippen molar-refractivity contribution in [2.75, 3.05) is 0 Å². The van der Waals surface area contributed by atoms with Gasteiger partial charge in [0.15, 0.2) is 11.5 Å². The van der Waals surface area contributed by atoms with Crippen LogP contribution in [0.15, 0.2) is 22.7 Å². The van der Waals surface area contributed by atoms with E-state index in [2.05, 4.69) is 32.3 Å². The van der Waals surface area contributed by atoms with Crippen LogP contribution in [0.25, 0.3) is 5.69 Å². The molecule has 0 amide bonds. The highest BCUT2D eigenvalue weighted by Crippen LogP contribution is 2.24. The molecule has 0 unspecified atom stereocenters. The van der Waals surface area contributed by atoms with Crippen molar-refractivity contribution >= 4 is 21.7 Å². The second-order valence-electron chi connectivity index (χ2n) is 4.20. The minimum absolute atomic E-state index is 0.0159. The van der Waals surface area contributed by atoms with Gasteiger partial charge in [0.25, 0.3) is 0 Å². The van der Waals surface area contributed by atoms with Crippen LogP contribution in [-0.2, 0) is 6.42 Å². The van der Waals surface area contributed by atoms with E-state index in [-0.39, 0.29) is 5.78 Å². The van der Waals surface area contributed by atoms with Crippen LogP contribution in [0.3, 0.4) is 0 Å². The molecule has 2 aromatic rings. The van der Waals surface area contributed by atoms with Crippen molar-refractivity contribution in [1.82, 2.24) is 15.0 Å². The number of rotatable bonds is 4. The molecule has 0 radical (unpaired) electrons. The van der Waals surface area contributed by atoms with Crippen molar-refractivity contribution in [2.45, 2.75) is 26.7 Å². The molecule has 5 nitrogen and oxygen atoms in total. The lowest BCUT2D eigenvalue weighted by atomic mass is 10.1. The van der Waals surface area contributed by atoms with Crippen molar-refractivity contribution < 1.29 is 4.79 Å². The second kappa shape index (κ2) is 5.97. The molecule has 0 N–H and O–H groups in total. The van der Waals surface area contributed by atoms with E-state index in [0.29, 0.717) is 24.1 Å². The van der Waals surface area contributed by atoms with Gasteiger partial charge in [0.2, 0.25) is 0 Å². The Kier molecular flexibility index (Phi) is 4.30. The zero-order valence-corrected chi connectivity index (χ0v) is 12.8. The molecule has 0 fully saturated rings. The summed E-state index contributed by atoms with van der Waals surface area (Å²) in [5.74, 6) is -0.0159. The smallest absolute Gasteiger partial charge is 0.184 e. The number of aromatic nitrogens is 3. The maximum atomic E-state index is 11.9. The van der Waals surface area contributed by atoms with Gasteiger partial charge < -0.3 is 0 Å². The second-order valence-corrected chi connectivity index (χ2v) is 5.06. The molecule has 0 saturated carbocycles. The summed E-state index contributed by atoms with van der Waals surface area (Å²) in [6.07, 6.45) is 1.06. The SMILES string of the molecule is CCC(=O)c1nnn(-c2ccc(C#N)cc2Br)c1CC. The fourth-order valence-electron chi connectivity index (χ4n) is 1.94. The number of nitriles is 1. The number of hydrogen-bond donors (Lipinski definition) is 0. The number of carbonyl (C=O) groups excluding carboxylic acids is 1. The van der Waals surface area contributed by atoms with Crippen LogP contribution in [-0.4, -0.2) is 20.8 Å². The summed E-state index contributed by atoms with van der Waals surface area (Å²) in [5, 5.41) is 17.0. The normalized spacial score (nSPS) is 10.3. The number of halogens is 1. The third-order valence-corrected chi connectivity index (χ3v) is 3.62. The zero-order chi connectivity index (χ0) is 14.7. The summed E-state index contributed by atoms with van der Waals surface area (Å²) in [6, 6.07) is 7.30. The Bertz CT molecular complexity index is 700. The van der Waals surface area contributed by atoms with Crippen molar-refractivity contribution in [3.05, 3.63) is 39.6 Å². The summed E-state index contributed by atoms with van der Waals surface area (Å²) < 4.78 is 2.39. The highest BCUT2D eigenvalue weighted by Gasteiger charge is 2.19. The first kappa shape index (κ1) is 14.4. The first-order valence-corrected chi connectivity index (χ1v) is 7.09. The van der Waals surface area contributed by atoms with Gasteiger partial charge in [0, 0.05) is 10.9 Å². The molecule has 0 spiro atoms. The van der Waals surface area contributed by atoms with E-state index in [1.807, 2.05) is 6.92 Å². The fourth-order valence-corrected chi connectivity index (χ4v) is 2.49. The zero-order valence-electron chi connectivity index (χ0n) is 11.2. The van der Waals surface area contributed by atoms with Crippen molar-refractivity contribution in [3.63, 3.8) is 0 Å². The number of Topliss-reactive ketones (excluding diaryl/α,β-unsaturated/α-hetero) is 1. The Morgan fingerprint density at radius 3 is 2.75 bits per heavy atom. The molecule has 0 aliphatic heterocycles. The lowest BCUT2D eigenvalue weighted by Gasteiger charge is -2.08. The van der Waals surface area contributed by atoms with Crippen LogP contribution in [0.2, 0.25) is 0 Å². The maximum Gasteiger partial charge on any atom is 0.184 e. The monoisotopic (exact) mass is 332 g/mol. The maximum absolute atomic E-state index is 11.9. The van der Waals surface area contributed by atoms with Crippen molar-refractivity contribution in [3.8, 4) is 11.8 Å². The summed E-state index contributed by atoms with van der Waals surface area (Å²) in [4.78, 5) is 11.9.